The van der Waals surface area contributed by atoms with E-state index in [1.54, 1.807) is 7.11 Å². The monoisotopic (exact) mass is 322 g/mol. The van der Waals surface area contributed by atoms with Crippen molar-refractivity contribution < 1.29 is 9.47 Å². The van der Waals surface area contributed by atoms with Crippen LogP contribution >= 0.6 is 15.9 Å². The molecule has 2 aromatic carbocycles. The molecule has 0 saturated carbocycles. The number of hydrogen-bond donors (Lipinski definition) is 0. The van der Waals surface area contributed by atoms with Gasteiger partial charge in [0.25, 0.3) is 0 Å². The number of ether oxygens (including phenoxy) is 2. The highest BCUT2D eigenvalue weighted by atomic mass is 79.9. The Labute approximate surface area is 122 Å². The molecule has 3 heteroatoms. The number of benzene rings is 2. The normalized spacial score (nSPS) is 12.6. The molecule has 0 aliphatic carbocycles. The number of alkyl halides is 1. The summed E-state index contributed by atoms with van der Waals surface area (Å²) in [7, 11) is 1.71. The van der Waals surface area contributed by atoms with E-state index < -0.39 is 0 Å². The first-order chi connectivity index (χ1) is 9.26. The van der Waals surface area contributed by atoms with Crippen molar-refractivity contribution in [3.8, 4) is 5.75 Å². The molecule has 1 unspecified atom stereocenters. The van der Waals surface area contributed by atoms with Gasteiger partial charge in [0.2, 0.25) is 0 Å². The van der Waals surface area contributed by atoms with E-state index in [0.29, 0.717) is 0 Å². The zero-order valence-corrected chi connectivity index (χ0v) is 12.9. The fourth-order valence-corrected chi connectivity index (χ4v) is 2.70. The molecule has 0 bridgehead atoms. The Hall–Kier alpha value is -1.06. The zero-order valence-electron chi connectivity index (χ0n) is 11.4. The van der Waals surface area contributed by atoms with Gasteiger partial charge in [-0.05, 0) is 23.8 Å². The Morgan fingerprint density at radius 3 is 2.68 bits per heavy atom. The van der Waals surface area contributed by atoms with Crippen LogP contribution in [-0.4, -0.2) is 19.8 Å². The molecule has 0 amide bonds. The zero-order chi connectivity index (χ0) is 13.7. The lowest BCUT2D eigenvalue weighted by Gasteiger charge is -2.18. The van der Waals surface area contributed by atoms with Crippen LogP contribution in [0.1, 0.15) is 18.9 Å². The molecular weight excluding hydrogens is 304 g/mol. The summed E-state index contributed by atoms with van der Waals surface area (Å²) >= 11 is 3.57. The summed E-state index contributed by atoms with van der Waals surface area (Å²) < 4.78 is 11.1. The van der Waals surface area contributed by atoms with Gasteiger partial charge in [-0.15, -0.1) is 0 Å². The van der Waals surface area contributed by atoms with Crippen LogP contribution < -0.4 is 4.74 Å². The predicted molar refractivity (Wildman–Crippen MR) is 83.2 cm³/mol. The molecule has 0 heterocycles. The lowest BCUT2D eigenvalue weighted by Crippen LogP contribution is -2.15. The van der Waals surface area contributed by atoms with Crippen molar-refractivity contribution in [1.82, 2.24) is 0 Å². The second-order valence-electron chi connectivity index (χ2n) is 4.61. The average Bonchev–Trinajstić information content (AvgIpc) is 2.45. The van der Waals surface area contributed by atoms with E-state index in [-0.39, 0.29) is 6.10 Å². The van der Waals surface area contributed by atoms with Crippen LogP contribution in [0.15, 0.2) is 36.4 Å². The Morgan fingerprint density at radius 2 is 1.95 bits per heavy atom. The van der Waals surface area contributed by atoms with E-state index in [1.807, 2.05) is 0 Å². The minimum absolute atomic E-state index is 0.152. The van der Waals surface area contributed by atoms with Gasteiger partial charge in [0.05, 0.1) is 6.10 Å². The lowest BCUT2D eigenvalue weighted by molar-refractivity contribution is 0.135. The summed E-state index contributed by atoms with van der Waals surface area (Å²) in [6, 6.07) is 12.6. The summed E-state index contributed by atoms with van der Waals surface area (Å²) in [5.41, 5.74) is 1.21. The van der Waals surface area contributed by atoms with Crippen LogP contribution in [-0.2, 0) is 10.1 Å². The van der Waals surface area contributed by atoms with Gasteiger partial charge in [-0.2, -0.15) is 0 Å². The molecule has 0 N–H and O–H groups in total. The fraction of sp³-hybridized carbons (Fsp3) is 0.375. The van der Waals surface area contributed by atoms with Gasteiger partial charge in [-0.25, -0.2) is 0 Å². The molecule has 19 heavy (non-hydrogen) atoms. The molecule has 1 atom stereocenters. The van der Waals surface area contributed by atoms with Gasteiger partial charge in [0.15, 0.2) is 0 Å². The van der Waals surface area contributed by atoms with Crippen LogP contribution in [0.5, 0.6) is 5.75 Å². The molecule has 0 aliphatic heterocycles. The summed E-state index contributed by atoms with van der Waals surface area (Å²) in [6.45, 7) is 2.80. The van der Waals surface area contributed by atoms with E-state index in [9.17, 15) is 0 Å². The number of methoxy groups -OCH3 is 1. The maximum absolute atomic E-state index is 6.04. The van der Waals surface area contributed by atoms with Crippen molar-refractivity contribution in [2.24, 2.45) is 0 Å². The predicted octanol–water partition coefficient (Wildman–Crippen LogP) is 4.54. The number of rotatable bonds is 6. The van der Waals surface area contributed by atoms with Crippen LogP contribution in [0.4, 0.5) is 0 Å². The third-order valence-corrected chi connectivity index (χ3v) is 3.75. The molecule has 0 spiro atoms. The summed E-state index contributed by atoms with van der Waals surface area (Å²) in [5.74, 6) is 0.958. The van der Waals surface area contributed by atoms with Crippen molar-refractivity contribution in [3.05, 3.63) is 42.0 Å². The molecule has 2 rings (SSSR count). The number of fused-ring (bicyclic) bond motifs is 1. The molecular formula is C16H19BrO2. The number of hydrogen-bond acceptors (Lipinski definition) is 2. The van der Waals surface area contributed by atoms with Crippen molar-refractivity contribution >= 4 is 26.7 Å². The van der Waals surface area contributed by atoms with Crippen LogP contribution in [0.3, 0.4) is 0 Å². The quantitative estimate of drug-likeness (QED) is 0.727. The maximum atomic E-state index is 6.04. The van der Waals surface area contributed by atoms with E-state index in [4.69, 9.17) is 9.47 Å². The Morgan fingerprint density at radius 1 is 1.16 bits per heavy atom. The molecule has 0 aromatic heterocycles. The molecule has 102 valence electrons. The molecule has 2 aromatic rings. The van der Waals surface area contributed by atoms with E-state index >= 15 is 0 Å². The first-order valence-electron chi connectivity index (χ1n) is 6.48. The summed E-state index contributed by atoms with van der Waals surface area (Å²) in [4.78, 5) is 0. The third kappa shape index (κ3) is 3.48. The largest absolute Gasteiger partial charge is 0.490 e. The summed E-state index contributed by atoms with van der Waals surface area (Å²) in [5, 5.41) is 3.28. The highest BCUT2D eigenvalue weighted by Crippen LogP contribution is 2.30. The third-order valence-electron chi connectivity index (χ3n) is 3.19. The molecule has 0 radical (unpaired) electrons. The van der Waals surface area contributed by atoms with Gasteiger partial charge >= 0.3 is 0 Å². The van der Waals surface area contributed by atoms with Crippen LogP contribution in [0.25, 0.3) is 10.8 Å². The Bertz CT molecular complexity index is 539. The highest BCUT2D eigenvalue weighted by Gasteiger charge is 2.10. The topological polar surface area (TPSA) is 18.5 Å². The van der Waals surface area contributed by atoms with E-state index in [0.717, 1.165) is 24.1 Å². The Balaban J connectivity index is 2.27. The second-order valence-corrected chi connectivity index (χ2v) is 5.17. The molecule has 0 saturated heterocycles. The maximum Gasteiger partial charge on any atom is 0.124 e. The van der Waals surface area contributed by atoms with Crippen molar-refractivity contribution in [3.63, 3.8) is 0 Å². The highest BCUT2D eigenvalue weighted by molar-refractivity contribution is 9.08. The first-order valence-corrected chi connectivity index (χ1v) is 7.60. The van der Waals surface area contributed by atoms with Crippen LogP contribution in [0.2, 0.25) is 0 Å². The molecule has 0 fully saturated rings. The van der Waals surface area contributed by atoms with Crippen molar-refractivity contribution in [2.75, 3.05) is 13.7 Å². The summed E-state index contributed by atoms with van der Waals surface area (Å²) in [6.07, 6.45) is 1.05. The first kappa shape index (κ1) is 14.4. The van der Waals surface area contributed by atoms with E-state index in [1.165, 1.54) is 16.3 Å². The fourth-order valence-electron chi connectivity index (χ4n) is 2.12. The van der Waals surface area contributed by atoms with Gasteiger partial charge in [0.1, 0.15) is 5.75 Å². The van der Waals surface area contributed by atoms with Crippen LogP contribution in [0, 0.1) is 0 Å². The van der Waals surface area contributed by atoms with E-state index in [2.05, 4.69) is 59.3 Å². The Kier molecular flexibility index (Phi) is 5.23. The van der Waals surface area contributed by atoms with Gasteiger partial charge in [-0.1, -0.05) is 46.3 Å². The second kappa shape index (κ2) is 6.92. The minimum atomic E-state index is 0.152. The van der Waals surface area contributed by atoms with Gasteiger partial charge < -0.3 is 9.47 Å². The number of halogens is 1. The lowest BCUT2D eigenvalue weighted by atomic mass is 10.0. The standard InChI is InChI=1S/C16H19BrO2/c1-12(9-10-18-2)19-16-8-7-13-5-3-4-6-14(13)15(16)11-17/h3-8,12H,9-11H2,1-2H3. The smallest absolute Gasteiger partial charge is 0.124 e. The van der Waals surface area contributed by atoms with Gasteiger partial charge in [-0.3, -0.25) is 0 Å². The van der Waals surface area contributed by atoms with Crippen molar-refractivity contribution in [2.45, 2.75) is 24.8 Å². The van der Waals surface area contributed by atoms with Crippen molar-refractivity contribution in [1.29, 1.82) is 0 Å². The molecule has 2 nitrogen and oxygen atoms in total. The molecule has 0 aliphatic rings. The minimum Gasteiger partial charge on any atom is -0.490 e. The average molecular weight is 323 g/mol. The van der Waals surface area contributed by atoms with Gasteiger partial charge in [0, 0.05) is 31.0 Å². The SMILES string of the molecule is COCCC(C)Oc1ccc2ccccc2c1CBr.